The number of aliphatic carboxylic acids is 1. The van der Waals surface area contributed by atoms with Crippen molar-refractivity contribution in [2.75, 3.05) is 0 Å². The van der Waals surface area contributed by atoms with Gasteiger partial charge in [0.15, 0.2) is 5.78 Å². The van der Waals surface area contributed by atoms with Gasteiger partial charge in [-0.25, -0.2) is 4.79 Å². The van der Waals surface area contributed by atoms with Gasteiger partial charge in [-0.3, -0.25) is 4.79 Å². The molecule has 0 fully saturated rings. The van der Waals surface area contributed by atoms with E-state index in [1.54, 1.807) is 0 Å². The largest absolute Gasteiger partial charge is 0.478 e. The van der Waals surface area contributed by atoms with Crippen LogP contribution in [0.25, 0.3) is 0 Å². The van der Waals surface area contributed by atoms with Crippen LogP contribution in [-0.2, 0) is 9.59 Å². The Bertz CT molecular complexity index is 214. The minimum atomic E-state index is -0.937. The van der Waals surface area contributed by atoms with E-state index in [9.17, 15) is 9.59 Å². The van der Waals surface area contributed by atoms with Crippen LogP contribution in [0.2, 0.25) is 0 Å². The lowest BCUT2D eigenvalue weighted by atomic mass is 10.1. The third-order valence-corrected chi connectivity index (χ3v) is 1.90. The van der Waals surface area contributed by atoms with Crippen molar-refractivity contribution < 1.29 is 14.7 Å². The van der Waals surface area contributed by atoms with E-state index >= 15 is 0 Å². The van der Waals surface area contributed by atoms with Crippen molar-refractivity contribution in [3.63, 3.8) is 0 Å². The Labute approximate surface area is 64.7 Å². The van der Waals surface area contributed by atoms with Gasteiger partial charge in [-0.15, -0.1) is 0 Å². The third-order valence-electron chi connectivity index (χ3n) is 1.90. The van der Waals surface area contributed by atoms with Gasteiger partial charge in [-0.05, 0) is 26.2 Å². The summed E-state index contributed by atoms with van der Waals surface area (Å²) in [6.45, 7) is 1.42. The molecule has 0 aliphatic heterocycles. The summed E-state index contributed by atoms with van der Waals surface area (Å²) in [5.41, 5.74) is 0.829. The average molecular weight is 154 g/mol. The minimum absolute atomic E-state index is 0.0973. The van der Waals surface area contributed by atoms with E-state index < -0.39 is 5.97 Å². The first-order valence-corrected chi connectivity index (χ1v) is 3.59. The molecule has 0 aromatic rings. The highest BCUT2D eigenvalue weighted by molar-refractivity contribution is 6.02. The fourth-order valence-electron chi connectivity index (χ4n) is 1.37. The van der Waals surface area contributed by atoms with Gasteiger partial charge in [0.25, 0.3) is 0 Å². The van der Waals surface area contributed by atoms with Crippen LogP contribution in [0.1, 0.15) is 26.2 Å². The van der Waals surface area contributed by atoms with Crippen LogP contribution in [-0.4, -0.2) is 16.9 Å². The number of hydrogen-bond acceptors (Lipinski definition) is 2. The van der Waals surface area contributed by atoms with Crippen molar-refractivity contribution in [2.45, 2.75) is 26.2 Å². The van der Waals surface area contributed by atoms with E-state index in [-0.39, 0.29) is 5.78 Å². The topological polar surface area (TPSA) is 54.4 Å². The summed E-state index contributed by atoms with van der Waals surface area (Å²) in [7, 11) is 0. The van der Waals surface area contributed by atoms with E-state index in [0.717, 1.165) is 6.42 Å². The van der Waals surface area contributed by atoms with Gasteiger partial charge in [-0.1, -0.05) is 0 Å². The molecule has 1 aliphatic carbocycles. The van der Waals surface area contributed by atoms with Crippen molar-refractivity contribution in [3.8, 4) is 0 Å². The predicted octanol–water partition coefficient (Wildman–Crippen LogP) is 1.14. The van der Waals surface area contributed by atoms with E-state index in [1.807, 2.05) is 0 Å². The number of carboxylic acids is 1. The molecule has 3 heteroatoms. The fourth-order valence-corrected chi connectivity index (χ4v) is 1.37. The lowest BCUT2D eigenvalue weighted by molar-refractivity contribution is -0.133. The molecule has 11 heavy (non-hydrogen) atoms. The molecule has 1 rings (SSSR count). The normalized spacial score (nSPS) is 17.2. The van der Waals surface area contributed by atoms with E-state index in [4.69, 9.17) is 5.11 Å². The number of Topliss-reactive ketones (excluding diaryl/α,β-unsaturated/α-hetero) is 1. The summed E-state index contributed by atoms with van der Waals surface area (Å²) in [4.78, 5) is 21.3. The second-order valence-corrected chi connectivity index (χ2v) is 2.67. The zero-order chi connectivity index (χ0) is 8.43. The molecule has 0 aromatic heterocycles. The molecule has 0 spiro atoms. The second-order valence-electron chi connectivity index (χ2n) is 2.67. The van der Waals surface area contributed by atoms with Gasteiger partial charge >= 0.3 is 5.97 Å². The number of ketones is 1. The molecule has 3 nitrogen and oxygen atoms in total. The summed E-state index contributed by atoms with van der Waals surface area (Å²) in [5, 5.41) is 8.62. The summed E-state index contributed by atoms with van der Waals surface area (Å²) in [5.74, 6) is -1.03. The first-order valence-electron chi connectivity index (χ1n) is 3.59. The van der Waals surface area contributed by atoms with Crippen LogP contribution in [0, 0.1) is 0 Å². The van der Waals surface area contributed by atoms with Gasteiger partial charge in [0.1, 0.15) is 0 Å². The van der Waals surface area contributed by atoms with Crippen LogP contribution in [0.4, 0.5) is 0 Å². The van der Waals surface area contributed by atoms with Gasteiger partial charge in [0, 0.05) is 11.1 Å². The molecule has 0 unspecified atom stereocenters. The number of rotatable bonds is 2. The Kier molecular flexibility index (Phi) is 2.08. The molecule has 0 atom stereocenters. The molecular weight excluding hydrogens is 144 g/mol. The SMILES string of the molecule is CC(=O)C1=C(C(=O)O)CCC1. The van der Waals surface area contributed by atoms with Gasteiger partial charge in [0.05, 0.1) is 0 Å². The maximum Gasteiger partial charge on any atom is 0.331 e. The Morgan fingerprint density at radius 3 is 2.18 bits per heavy atom. The fraction of sp³-hybridized carbons (Fsp3) is 0.500. The van der Waals surface area contributed by atoms with Crippen molar-refractivity contribution >= 4 is 11.8 Å². The van der Waals surface area contributed by atoms with E-state index in [1.165, 1.54) is 6.92 Å². The van der Waals surface area contributed by atoms with Gasteiger partial charge < -0.3 is 5.11 Å². The molecule has 0 aromatic carbocycles. The minimum Gasteiger partial charge on any atom is -0.478 e. The number of carboxylic acid groups (broad SMARTS) is 1. The molecule has 0 bridgehead atoms. The maximum absolute atomic E-state index is 10.8. The van der Waals surface area contributed by atoms with Crippen LogP contribution in [0.3, 0.4) is 0 Å². The lowest BCUT2D eigenvalue weighted by Gasteiger charge is -1.96. The second kappa shape index (κ2) is 2.86. The molecule has 0 saturated heterocycles. The zero-order valence-electron chi connectivity index (χ0n) is 6.39. The molecule has 60 valence electrons. The smallest absolute Gasteiger partial charge is 0.331 e. The molecule has 0 radical (unpaired) electrons. The number of hydrogen-bond donors (Lipinski definition) is 1. The summed E-state index contributed by atoms with van der Waals surface area (Å²) < 4.78 is 0. The Morgan fingerprint density at radius 2 is 1.82 bits per heavy atom. The first-order chi connectivity index (χ1) is 5.13. The highest BCUT2D eigenvalue weighted by atomic mass is 16.4. The summed E-state index contributed by atoms with van der Waals surface area (Å²) in [6, 6.07) is 0. The number of allylic oxidation sites excluding steroid dienone is 1. The molecular formula is C8H10O3. The molecule has 1 aliphatic rings. The number of carbonyl (C=O) groups excluding carboxylic acids is 1. The maximum atomic E-state index is 10.8. The van der Waals surface area contributed by atoms with E-state index in [2.05, 4.69) is 0 Å². The average Bonchev–Trinajstić information content (AvgIpc) is 2.32. The van der Waals surface area contributed by atoms with Crippen LogP contribution < -0.4 is 0 Å². The lowest BCUT2D eigenvalue weighted by Crippen LogP contribution is -2.04. The Hall–Kier alpha value is -1.12. The highest BCUT2D eigenvalue weighted by Crippen LogP contribution is 2.26. The van der Waals surface area contributed by atoms with Crippen LogP contribution in [0.5, 0.6) is 0 Å². The summed E-state index contributed by atoms with van der Waals surface area (Å²) >= 11 is 0. The van der Waals surface area contributed by atoms with Crippen molar-refractivity contribution in [1.82, 2.24) is 0 Å². The monoisotopic (exact) mass is 154 g/mol. The quantitative estimate of drug-likeness (QED) is 0.648. The molecule has 0 heterocycles. The predicted molar refractivity (Wildman–Crippen MR) is 39.2 cm³/mol. The Balaban J connectivity index is 2.95. The van der Waals surface area contributed by atoms with Crippen molar-refractivity contribution in [2.24, 2.45) is 0 Å². The van der Waals surface area contributed by atoms with Crippen LogP contribution in [0.15, 0.2) is 11.1 Å². The van der Waals surface area contributed by atoms with E-state index in [0.29, 0.717) is 24.0 Å². The molecule has 0 amide bonds. The zero-order valence-corrected chi connectivity index (χ0v) is 6.39. The standard InChI is InChI=1S/C8H10O3/c1-5(9)6-3-2-4-7(6)8(10)11/h2-4H2,1H3,(H,10,11). The first kappa shape index (κ1) is 7.98. The third kappa shape index (κ3) is 1.48. The number of carbonyl (C=O) groups is 2. The summed E-state index contributed by atoms with van der Waals surface area (Å²) in [6.07, 6.45) is 1.98. The van der Waals surface area contributed by atoms with Gasteiger partial charge in [-0.2, -0.15) is 0 Å². The molecule has 0 saturated carbocycles. The molecule has 1 N–H and O–H groups in total. The van der Waals surface area contributed by atoms with Crippen molar-refractivity contribution in [1.29, 1.82) is 0 Å². The van der Waals surface area contributed by atoms with Gasteiger partial charge in [0.2, 0.25) is 0 Å². The van der Waals surface area contributed by atoms with Crippen LogP contribution >= 0.6 is 0 Å². The highest BCUT2D eigenvalue weighted by Gasteiger charge is 2.22. The Morgan fingerprint density at radius 1 is 1.27 bits per heavy atom. The van der Waals surface area contributed by atoms with Crippen molar-refractivity contribution in [3.05, 3.63) is 11.1 Å².